The van der Waals surface area contributed by atoms with Crippen molar-refractivity contribution in [3.8, 4) is 22.5 Å². The minimum atomic E-state index is -0.565. The number of nitrogens with zero attached hydrogens (tertiary/aromatic N) is 1. The lowest BCUT2D eigenvalue weighted by molar-refractivity contribution is 0.0636. The standard InChI is InChI=1S/C16H17N3O2S/c1-16(2,3)21-15(20)19-13-5-4-12(10-11(13)6-7-17)14-18-8-9-22-14/h4-5,8-10H,17H2,1-3H3,(H,19,20). The van der Waals surface area contributed by atoms with Crippen LogP contribution in [-0.2, 0) is 4.74 Å². The number of hydrogen-bond donors (Lipinski definition) is 2. The summed E-state index contributed by atoms with van der Waals surface area (Å²) in [5.41, 5.74) is 6.83. The number of amides is 1. The third-order valence-electron chi connectivity index (χ3n) is 2.54. The molecule has 2 aromatic rings. The fraction of sp³-hybridized carbons (Fsp3) is 0.250. The molecule has 114 valence electrons. The van der Waals surface area contributed by atoms with Gasteiger partial charge in [-0.05, 0) is 44.9 Å². The Morgan fingerprint density at radius 2 is 2.18 bits per heavy atom. The molecule has 2 rings (SSSR count). The smallest absolute Gasteiger partial charge is 0.412 e. The number of anilines is 1. The SMILES string of the molecule is CC(C)(C)OC(=O)Nc1ccc(-c2nccs2)cc1C#CN. The first-order valence-electron chi connectivity index (χ1n) is 6.64. The third kappa shape index (κ3) is 4.24. The summed E-state index contributed by atoms with van der Waals surface area (Å²) in [6, 6.07) is 7.83. The number of thiazole rings is 1. The average Bonchev–Trinajstić information content (AvgIpc) is 2.92. The van der Waals surface area contributed by atoms with Crippen molar-refractivity contribution < 1.29 is 9.53 Å². The predicted octanol–water partition coefficient (Wildman–Crippen LogP) is 3.42. The second-order valence-corrected chi connectivity index (χ2v) is 6.39. The zero-order valence-electron chi connectivity index (χ0n) is 12.6. The number of carbonyl (C=O) groups is 1. The molecule has 6 heteroatoms. The van der Waals surface area contributed by atoms with Crippen LogP contribution in [0.25, 0.3) is 10.6 Å². The van der Waals surface area contributed by atoms with Crippen molar-refractivity contribution in [2.24, 2.45) is 5.73 Å². The van der Waals surface area contributed by atoms with Crippen LogP contribution in [0.3, 0.4) is 0 Å². The lowest BCUT2D eigenvalue weighted by Gasteiger charge is -2.20. The normalized spacial score (nSPS) is 10.5. The van der Waals surface area contributed by atoms with E-state index in [0.29, 0.717) is 11.3 Å². The summed E-state index contributed by atoms with van der Waals surface area (Å²) in [6.45, 7) is 5.41. The number of ether oxygens (including phenoxy) is 1. The Balaban J connectivity index is 2.27. The molecule has 5 nitrogen and oxygen atoms in total. The van der Waals surface area contributed by atoms with Gasteiger partial charge in [-0.15, -0.1) is 11.3 Å². The van der Waals surface area contributed by atoms with Crippen LogP contribution >= 0.6 is 11.3 Å². The monoisotopic (exact) mass is 315 g/mol. The molecular weight excluding hydrogens is 298 g/mol. The van der Waals surface area contributed by atoms with E-state index >= 15 is 0 Å². The largest absolute Gasteiger partial charge is 0.444 e. The second-order valence-electron chi connectivity index (χ2n) is 5.49. The molecule has 0 atom stereocenters. The van der Waals surface area contributed by atoms with Gasteiger partial charge in [0.1, 0.15) is 10.6 Å². The molecule has 0 radical (unpaired) electrons. The van der Waals surface area contributed by atoms with Gasteiger partial charge in [-0.3, -0.25) is 5.32 Å². The number of rotatable bonds is 2. The van der Waals surface area contributed by atoms with Crippen molar-refractivity contribution in [2.75, 3.05) is 5.32 Å². The predicted molar refractivity (Wildman–Crippen MR) is 88.5 cm³/mol. The molecule has 0 fully saturated rings. The number of carbonyl (C=O) groups excluding carboxylic acids is 1. The van der Waals surface area contributed by atoms with Crippen molar-refractivity contribution in [2.45, 2.75) is 26.4 Å². The van der Waals surface area contributed by atoms with Gasteiger partial charge in [-0.2, -0.15) is 0 Å². The summed E-state index contributed by atoms with van der Waals surface area (Å²) in [5.74, 6) is 2.78. The van der Waals surface area contributed by atoms with Crippen molar-refractivity contribution in [3.63, 3.8) is 0 Å². The maximum Gasteiger partial charge on any atom is 0.412 e. The summed E-state index contributed by atoms with van der Waals surface area (Å²) in [5, 5.41) is 5.47. The van der Waals surface area contributed by atoms with Crippen LogP contribution in [0.5, 0.6) is 0 Å². The number of nitrogens with two attached hydrogens (primary N) is 1. The molecule has 1 aromatic carbocycles. The highest BCUT2D eigenvalue weighted by atomic mass is 32.1. The maximum atomic E-state index is 11.9. The lowest BCUT2D eigenvalue weighted by Crippen LogP contribution is -2.27. The van der Waals surface area contributed by atoms with E-state index in [9.17, 15) is 4.79 Å². The Bertz CT molecular complexity index is 722. The highest BCUT2D eigenvalue weighted by Gasteiger charge is 2.17. The maximum absolute atomic E-state index is 11.9. The van der Waals surface area contributed by atoms with Gasteiger partial charge in [0.05, 0.1) is 11.3 Å². The second kappa shape index (κ2) is 6.50. The average molecular weight is 315 g/mol. The van der Waals surface area contributed by atoms with Gasteiger partial charge in [0.25, 0.3) is 0 Å². The molecule has 1 aromatic heterocycles. The molecule has 22 heavy (non-hydrogen) atoms. The summed E-state index contributed by atoms with van der Waals surface area (Å²) < 4.78 is 5.24. The van der Waals surface area contributed by atoms with E-state index in [1.54, 1.807) is 33.0 Å². The number of aromatic nitrogens is 1. The van der Waals surface area contributed by atoms with Gasteiger partial charge in [0.15, 0.2) is 0 Å². The van der Waals surface area contributed by atoms with E-state index in [1.807, 2.05) is 17.5 Å². The van der Waals surface area contributed by atoms with Crippen LogP contribution < -0.4 is 11.1 Å². The topological polar surface area (TPSA) is 77.2 Å². The molecule has 0 aliphatic rings. The van der Waals surface area contributed by atoms with Crippen LogP contribution in [0.4, 0.5) is 10.5 Å². The molecule has 1 heterocycles. The van der Waals surface area contributed by atoms with Crippen LogP contribution in [0.2, 0.25) is 0 Å². The summed E-state index contributed by atoms with van der Waals surface area (Å²) >= 11 is 1.53. The molecule has 3 N–H and O–H groups in total. The Labute approximate surface area is 133 Å². The van der Waals surface area contributed by atoms with Crippen LogP contribution in [-0.4, -0.2) is 16.7 Å². The van der Waals surface area contributed by atoms with E-state index in [4.69, 9.17) is 10.5 Å². The van der Waals surface area contributed by atoms with Gasteiger partial charge < -0.3 is 10.5 Å². The Kier molecular flexibility index (Phi) is 4.68. The molecule has 0 bridgehead atoms. The molecule has 0 unspecified atom stereocenters. The van der Waals surface area contributed by atoms with Crippen molar-refractivity contribution in [1.82, 2.24) is 4.98 Å². The van der Waals surface area contributed by atoms with Crippen molar-refractivity contribution in [1.29, 1.82) is 0 Å². The molecule has 0 spiro atoms. The van der Waals surface area contributed by atoms with E-state index in [-0.39, 0.29) is 0 Å². The first-order chi connectivity index (χ1) is 10.4. The van der Waals surface area contributed by atoms with Gasteiger partial charge in [-0.1, -0.05) is 0 Å². The first kappa shape index (κ1) is 15.9. The third-order valence-corrected chi connectivity index (χ3v) is 3.36. The van der Waals surface area contributed by atoms with Gasteiger partial charge in [-0.25, -0.2) is 9.78 Å². The molecule has 1 amide bonds. The minimum Gasteiger partial charge on any atom is -0.444 e. The number of hydrogen-bond acceptors (Lipinski definition) is 5. The van der Waals surface area contributed by atoms with Crippen LogP contribution in [0.15, 0.2) is 29.8 Å². The van der Waals surface area contributed by atoms with E-state index in [1.165, 1.54) is 11.3 Å². The Morgan fingerprint density at radius 1 is 1.41 bits per heavy atom. The van der Waals surface area contributed by atoms with Gasteiger partial charge in [0, 0.05) is 23.2 Å². The summed E-state index contributed by atoms with van der Waals surface area (Å²) in [7, 11) is 0. The lowest BCUT2D eigenvalue weighted by atomic mass is 10.1. The quantitative estimate of drug-likeness (QED) is 0.657. The van der Waals surface area contributed by atoms with Crippen molar-refractivity contribution in [3.05, 3.63) is 35.3 Å². The minimum absolute atomic E-state index is 0.533. The zero-order valence-corrected chi connectivity index (χ0v) is 13.5. The van der Waals surface area contributed by atoms with E-state index in [2.05, 4.69) is 22.3 Å². The zero-order chi connectivity index (χ0) is 16.2. The Hall–Kier alpha value is -2.52. The molecule has 0 saturated heterocycles. The summed E-state index contributed by atoms with van der Waals surface area (Å²) in [6.07, 6.45) is 1.20. The van der Waals surface area contributed by atoms with Gasteiger partial charge in [0.2, 0.25) is 0 Å². The summed E-state index contributed by atoms with van der Waals surface area (Å²) in [4.78, 5) is 16.1. The molecule has 0 saturated carbocycles. The molecule has 0 aliphatic heterocycles. The fourth-order valence-electron chi connectivity index (χ4n) is 1.75. The fourth-order valence-corrected chi connectivity index (χ4v) is 2.38. The highest BCUT2D eigenvalue weighted by molar-refractivity contribution is 7.13. The van der Waals surface area contributed by atoms with E-state index in [0.717, 1.165) is 10.6 Å². The molecule has 0 aliphatic carbocycles. The number of benzene rings is 1. The van der Waals surface area contributed by atoms with Crippen LogP contribution in [0.1, 0.15) is 26.3 Å². The number of nitrogens with one attached hydrogen (secondary N) is 1. The first-order valence-corrected chi connectivity index (χ1v) is 7.52. The Morgan fingerprint density at radius 3 is 2.77 bits per heavy atom. The highest BCUT2D eigenvalue weighted by Crippen LogP contribution is 2.26. The van der Waals surface area contributed by atoms with Gasteiger partial charge >= 0.3 is 6.09 Å². The van der Waals surface area contributed by atoms with Crippen molar-refractivity contribution >= 4 is 23.1 Å². The van der Waals surface area contributed by atoms with Crippen LogP contribution in [0, 0.1) is 12.0 Å². The molecular formula is C16H17N3O2S. The van der Waals surface area contributed by atoms with E-state index < -0.39 is 11.7 Å².